The first-order valence-electron chi connectivity index (χ1n) is 12.1. The summed E-state index contributed by atoms with van der Waals surface area (Å²) in [5.41, 5.74) is 0.455. The quantitative estimate of drug-likeness (QED) is 0.324. The summed E-state index contributed by atoms with van der Waals surface area (Å²) >= 11 is 1.34. The number of carbonyl (C=O) groups excluding carboxylic acids is 1. The number of alkyl halides is 3. The summed E-state index contributed by atoms with van der Waals surface area (Å²) < 4.78 is 69.2. The summed E-state index contributed by atoms with van der Waals surface area (Å²) in [6.07, 6.45) is -4.41. The first-order valence-corrected chi connectivity index (χ1v) is 14.4. The maximum atomic E-state index is 13.4. The standard InChI is InChI=1S/C27H24F3N3O4S2/c28-27(29,30)21-5-2-1-4-19(21)16-26(35)12-14-33(15-13-26)25(34)18-8-10-20(11-9-18)32-39(36,37)23-7-3-6-22-24(23)31-17-38-22/h1-11,17,32,35H,12-16H2. The van der Waals surface area contributed by atoms with Gasteiger partial charge >= 0.3 is 6.18 Å². The lowest BCUT2D eigenvalue weighted by molar-refractivity contribution is -0.138. The topological polar surface area (TPSA) is 99.6 Å². The zero-order chi connectivity index (χ0) is 27.8. The molecular weight excluding hydrogens is 551 g/mol. The molecule has 0 aliphatic carbocycles. The molecule has 1 aliphatic rings. The van der Waals surface area contributed by atoms with Crippen LogP contribution in [0.4, 0.5) is 18.9 Å². The molecule has 2 N–H and O–H groups in total. The van der Waals surface area contributed by atoms with Gasteiger partial charge in [-0.05, 0) is 60.9 Å². The van der Waals surface area contributed by atoms with Gasteiger partial charge in [-0.2, -0.15) is 13.2 Å². The molecule has 5 rings (SSSR count). The van der Waals surface area contributed by atoms with Crippen molar-refractivity contribution in [2.24, 2.45) is 0 Å². The molecule has 1 amide bonds. The van der Waals surface area contributed by atoms with Crippen LogP contribution in [-0.2, 0) is 22.6 Å². The Morgan fingerprint density at radius 2 is 1.72 bits per heavy atom. The van der Waals surface area contributed by atoms with Gasteiger partial charge in [0.05, 0.1) is 21.4 Å². The number of benzene rings is 3. The molecule has 0 radical (unpaired) electrons. The molecule has 1 fully saturated rings. The number of nitrogens with one attached hydrogen (secondary N) is 1. The first-order chi connectivity index (χ1) is 18.5. The largest absolute Gasteiger partial charge is 0.416 e. The van der Waals surface area contributed by atoms with Crippen LogP contribution in [0.1, 0.15) is 34.3 Å². The van der Waals surface area contributed by atoms with Crippen LogP contribution in [0.25, 0.3) is 10.2 Å². The monoisotopic (exact) mass is 575 g/mol. The Hall–Kier alpha value is -3.48. The summed E-state index contributed by atoms with van der Waals surface area (Å²) in [7, 11) is -3.91. The zero-order valence-electron chi connectivity index (χ0n) is 20.5. The van der Waals surface area contributed by atoms with Crippen LogP contribution >= 0.6 is 11.3 Å². The van der Waals surface area contributed by atoms with Gasteiger partial charge in [-0.25, -0.2) is 13.4 Å². The fourth-order valence-electron chi connectivity index (χ4n) is 4.76. The Morgan fingerprint density at radius 1 is 1.03 bits per heavy atom. The number of fused-ring (bicyclic) bond motifs is 1. The number of hydrogen-bond donors (Lipinski definition) is 2. The Morgan fingerprint density at radius 3 is 2.41 bits per heavy atom. The Bertz CT molecular complexity index is 1610. The van der Waals surface area contributed by atoms with E-state index in [4.69, 9.17) is 0 Å². The van der Waals surface area contributed by atoms with Gasteiger partial charge in [0.1, 0.15) is 10.4 Å². The van der Waals surface area contributed by atoms with Gasteiger partial charge < -0.3 is 10.0 Å². The van der Waals surface area contributed by atoms with Gasteiger partial charge in [-0.3, -0.25) is 9.52 Å². The van der Waals surface area contributed by atoms with Crippen LogP contribution in [0.2, 0.25) is 0 Å². The van der Waals surface area contributed by atoms with Crippen LogP contribution in [0.15, 0.2) is 77.1 Å². The van der Waals surface area contributed by atoms with E-state index in [1.54, 1.807) is 17.6 Å². The van der Waals surface area contributed by atoms with Crippen molar-refractivity contribution in [1.82, 2.24) is 9.88 Å². The number of aromatic nitrogens is 1. The average molecular weight is 576 g/mol. The lowest BCUT2D eigenvalue weighted by atomic mass is 9.83. The summed E-state index contributed by atoms with van der Waals surface area (Å²) in [4.78, 5) is 18.8. The van der Waals surface area contributed by atoms with E-state index < -0.39 is 27.4 Å². The third-order valence-corrected chi connectivity index (χ3v) is 9.03. The fraction of sp³-hybridized carbons (Fsp3) is 0.259. The van der Waals surface area contributed by atoms with Crippen LogP contribution < -0.4 is 4.72 Å². The summed E-state index contributed by atoms with van der Waals surface area (Å²) in [6.45, 7) is 0.352. The van der Waals surface area contributed by atoms with Crippen LogP contribution in [-0.4, -0.2) is 48.0 Å². The van der Waals surface area contributed by atoms with Crippen molar-refractivity contribution in [3.63, 3.8) is 0 Å². The number of thiazole rings is 1. The second-order valence-electron chi connectivity index (χ2n) is 9.49. The molecule has 4 aromatic rings. The van der Waals surface area contributed by atoms with E-state index in [-0.39, 0.29) is 54.4 Å². The number of carbonyl (C=O) groups is 1. The highest BCUT2D eigenvalue weighted by Gasteiger charge is 2.38. The molecule has 1 saturated heterocycles. The molecule has 39 heavy (non-hydrogen) atoms. The average Bonchev–Trinajstić information content (AvgIpc) is 3.37. The number of hydrogen-bond acceptors (Lipinski definition) is 6. The molecule has 1 aromatic heterocycles. The molecule has 3 aromatic carbocycles. The van der Waals surface area contributed by atoms with Gasteiger partial charge in [-0.1, -0.05) is 24.3 Å². The SMILES string of the molecule is O=C(c1ccc(NS(=O)(=O)c2cccc3scnc23)cc1)N1CCC(O)(Cc2ccccc2C(F)(F)F)CC1. The van der Waals surface area contributed by atoms with Crippen molar-refractivity contribution in [1.29, 1.82) is 0 Å². The van der Waals surface area contributed by atoms with E-state index in [2.05, 4.69) is 9.71 Å². The summed E-state index contributed by atoms with van der Waals surface area (Å²) in [5.74, 6) is -0.311. The third kappa shape index (κ3) is 5.77. The molecule has 1 aliphatic heterocycles. The minimum Gasteiger partial charge on any atom is -0.389 e. The highest BCUT2D eigenvalue weighted by Crippen LogP contribution is 2.35. The van der Waals surface area contributed by atoms with Crippen molar-refractivity contribution in [3.05, 3.63) is 88.9 Å². The second kappa shape index (κ2) is 10.2. The van der Waals surface area contributed by atoms with Crippen molar-refractivity contribution in [2.45, 2.75) is 35.9 Å². The summed E-state index contributed by atoms with van der Waals surface area (Å²) in [6, 6.07) is 16.1. The minimum absolute atomic E-state index is 0.0244. The number of sulfonamides is 1. The zero-order valence-corrected chi connectivity index (χ0v) is 22.1. The Kier molecular flexibility index (Phi) is 7.12. The predicted octanol–water partition coefficient (Wildman–Crippen LogP) is 5.33. The number of aliphatic hydroxyl groups is 1. The van der Waals surface area contributed by atoms with E-state index in [0.29, 0.717) is 11.1 Å². The van der Waals surface area contributed by atoms with E-state index in [1.165, 1.54) is 64.8 Å². The maximum Gasteiger partial charge on any atom is 0.416 e. The number of rotatable bonds is 6. The molecule has 2 heterocycles. The molecule has 12 heteroatoms. The van der Waals surface area contributed by atoms with E-state index in [0.717, 1.165) is 10.8 Å². The van der Waals surface area contributed by atoms with Gasteiger partial charge in [0, 0.05) is 30.8 Å². The fourth-order valence-corrected chi connectivity index (χ4v) is 6.76. The molecule has 204 valence electrons. The Labute approximate surface area is 227 Å². The van der Waals surface area contributed by atoms with Gasteiger partial charge in [0.15, 0.2) is 0 Å². The number of para-hydroxylation sites is 1. The molecule has 0 unspecified atom stereocenters. The summed E-state index contributed by atoms with van der Waals surface area (Å²) in [5, 5.41) is 11.0. The number of piperidine rings is 1. The number of likely N-dealkylation sites (tertiary alicyclic amines) is 1. The van der Waals surface area contributed by atoms with Crippen molar-refractivity contribution >= 4 is 43.2 Å². The van der Waals surface area contributed by atoms with Crippen LogP contribution in [0, 0.1) is 0 Å². The van der Waals surface area contributed by atoms with Crippen LogP contribution in [0.3, 0.4) is 0 Å². The van der Waals surface area contributed by atoms with Crippen molar-refractivity contribution in [3.8, 4) is 0 Å². The number of nitrogens with zero attached hydrogens (tertiary/aromatic N) is 2. The number of amides is 1. The minimum atomic E-state index is -4.52. The molecule has 0 saturated carbocycles. The molecule has 0 spiro atoms. The van der Waals surface area contributed by atoms with Gasteiger partial charge in [0.25, 0.3) is 15.9 Å². The highest BCUT2D eigenvalue weighted by molar-refractivity contribution is 7.93. The lowest BCUT2D eigenvalue weighted by Gasteiger charge is -2.38. The Balaban J connectivity index is 1.23. The molecule has 7 nitrogen and oxygen atoms in total. The third-order valence-electron chi connectivity index (χ3n) is 6.82. The lowest BCUT2D eigenvalue weighted by Crippen LogP contribution is -2.48. The van der Waals surface area contributed by atoms with Gasteiger partial charge in [-0.15, -0.1) is 11.3 Å². The van der Waals surface area contributed by atoms with Crippen LogP contribution in [0.5, 0.6) is 0 Å². The van der Waals surface area contributed by atoms with Crippen molar-refractivity contribution in [2.75, 3.05) is 17.8 Å². The van der Waals surface area contributed by atoms with E-state index in [1.807, 2.05) is 0 Å². The number of anilines is 1. The first kappa shape index (κ1) is 27.1. The predicted molar refractivity (Wildman–Crippen MR) is 142 cm³/mol. The number of halogens is 3. The molecular formula is C27H24F3N3O4S2. The van der Waals surface area contributed by atoms with E-state index >= 15 is 0 Å². The second-order valence-corrected chi connectivity index (χ2v) is 12.0. The van der Waals surface area contributed by atoms with E-state index in [9.17, 15) is 31.5 Å². The van der Waals surface area contributed by atoms with Gasteiger partial charge in [0.2, 0.25) is 0 Å². The van der Waals surface area contributed by atoms with Crippen molar-refractivity contribution < 1.29 is 31.5 Å². The smallest absolute Gasteiger partial charge is 0.389 e. The molecule has 0 atom stereocenters. The highest BCUT2D eigenvalue weighted by atomic mass is 32.2. The normalized spacial score (nSPS) is 15.8. The maximum absolute atomic E-state index is 13.4. The molecule has 0 bridgehead atoms.